The van der Waals surface area contributed by atoms with Gasteiger partial charge in [0.05, 0.1) is 18.8 Å². The van der Waals surface area contributed by atoms with E-state index in [0.717, 1.165) is 5.92 Å². The molecule has 0 heterocycles. The zero-order valence-electron chi connectivity index (χ0n) is 11.6. The topological polar surface area (TPSA) is 35.2 Å². The molecular formula is C16H25NO. The van der Waals surface area contributed by atoms with E-state index in [2.05, 4.69) is 38.1 Å². The summed E-state index contributed by atoms with van der Waals surface area (Å²) in [5.74, 6) is 0.805. The van der Waals surface area contributed by atoms with Gasteiger partial charge in [0.2, 0.25) is 0 Å². The molecule has 3 unspecified atom stereocenters. The quantitative estimate of drug-likeness (QED) is 0.882. The van der Waals surface area contributed by atoms with Crippen LogP contribution in [0.1, 0.15) is 49.8 Å². The van der Waals surface area contributed by atoms with Crippen LogP contribution in [0.25, 0.3) is 0 Å². The SMILES string of the molecule is Cc1ccc(C(N)COC2CCCC(C)C2)cc1. The first kappa shape index (κ1) is 13.6. The van der Waals surface area contributed by atoms with E-state index >= 15 is 0 Å². The van der Waals surface area contributed by atoms with Crippen molar-refractivity contribution in [3.63, 3.8) is 0 Å². The lowest BCUT2D eigenvalue weighted by molar-refractivity contribution is 0.00851. The second-order valence-electron chi connectivity index (χ2n) is 5.74. The third kappa shape index (κ3) is 3.82. The van der Waals surface area contributed by atoms with Crippen LogP contribution in [0.5, 0.6) is 0 Å². The molecule has 0 amide bonds. The lowest BCUT2D eigenvalue weighted by atomic mass is 9.89. The highest BCUT2D eigenvalue weighted by atomic mass is 16.5. The molecule has 0 aromatic heterocycles. The van der Waals surface area contributed by atoms with E-state index in [0.29, 0.717) is 12.7 Å². The molecule has 1 aromatic carbocycles. The molecule has 2 heteroatoms. The van der Waals surface area contributed by atoms with Gasteiger partial charge in [-0.3, -0.25) is 0 Å². The first-order chi connectivity index (χ1) is 8.65. The number of ether oxygens (including phenoxy) is 1. The molecule has 0 spiro atoms. The lowest BCUT2D eigenvalue weighted by Crippen LogP contribution is -2.26. The smallest absolute Gasteiger partial charge is 0.0663 e. The van der Waals surface area contributed by atoms with Crippen molar-refractivity contribution in [2.45, 2.75) is 51.7 Å². The van der Waals surface area contributed by atoms with Gasteiger partial charge in [-0.05, 0) is 31.2 Å². The number of benzene rings is 1. The zero-order valence-corrected chi connectivity index (χ0v) is 11.6. The monoisotopic (exact) mass is 247 g/mol. The van der Waals surface area contributed by atoms with Crippen LogP contribution >= 0.6 is 0 Å². The summed E-state index contributed by atoms with van der Waals surface area (Å²) >= 11 is 0. The van der Waals surface area contributed by atoms with Crippen LogP contribution < -0.4 is 5.73 Å². The summed E-state index contributed by atoms with van der Waals surface area (Å²) in [4.78, 5) is 0. The molecule has 1 aliphatic carbocycles. The maximum absolute atomic E-state index is 6.17. The summed E-state index contributed by atoms with van der Waals surface area (Å²) in [5.41, 5.74) is 8.61. The fourth-order valence-corrected chi connectivity index (χ4v) is 2.68. The predicted octanol–water partition coefficient (Wildman–Crippen LogP) is 3.59. The number of hydrogen-bond donors (Lipinski definition) is 1. The average Bonchev–Trinajstić information content (AvgIpc) is 2.37. The van der Waals surface area contributed by atoms with Crippen molar-refractivity contribution in [1.82, 2.24) is 0 Å². The van der Waals surface area contributed by atoms with Crippen LogP contribution in [-0.4, -0.2) is 12.7 Å². The fourth-order valence-electron chi connectivity index (χ4n) is 2.68. The second kappa shape index (κ2) is 6.35. The van der Waals surface area contributed by atoms with Gasteiger partial charge in [-0.15, -0.1) is 0 Å². The minimum Gasteiger partial charge on any atom is -0.376 e. The van der Waals surface area contributed by atoms with Gasteiger partial charge in [0.1, 0.15) is 0 Å². The minimum absolute atomic E-state index is 0.00262. The molecule has 1 aliphatic rings. The van der Waals surface area contributed by atoms with Crippen LogP contribution in [-0.2, 0) is 4.74 Å². The van der Waals surface area contributed by atoms with Crippen LogP contribution in [0.3, 0.4) is 0 Å². The van der Waals surface area contributed by atoms with Crippen LogP contribution in [0.2, 0.25) is 0 Å². The van der Waals surface area contributed by atoms with Gasteiger partial charge in [0.25, 0.3) is 0 Å². The molecule has 0 bridgehead atoms. The minimum atomic E-state index is 0.00262. The number of aryl methyl sites for hydroxylation is 1. The van der Waals surface area contributed by atoms with E-state index in [-0.39, 0.29) is 6.04 Å². The van der Waals surface area contributed by atoms with Crippen molar-refractivity contribution in [1.29, 1.82) is 0 Å². The number of rotatable bonds is 4. The van der Waals surface area contributed by atoms with E-state index in [1.165, 1.54) is 36.8 Å². The van der Waals surface area contributed by atoms with Gasteiger partial charge in [0, 0.05) is 0 Å². The molecule has 2 rings (SSSR count). The Balaban J connectivity index is 1.80. The highest BCUT2D eigenvalue weighted by molar-refractivity contribution is 5.23. The lowest BCUT2D eigenvalue weighted by Gasteiger charge is -2.28. The molecule has 1 fully saturated rings. The Morgan fingerprint density at radius 1 is 1.28 bits per heavy atom. The molecule has 2 nitrogen and oxygen atoms in total. The Hall–Kier alpha value is -0.860. The highest BCUT2D eigenvalue weighted by Gasteiger charge is 2.20. The van der Waals surface area contributed by atoms with Crippen molar-refractivity contribution in [3.05, 3.63) is 35.4 Å². The van der Waals surface area contributed by atoms with Crippen molar-refractivity contribution in [2.24, 2.45) is 11.7 Å². The molecule has 3 atom stereocenters. The Bertz CT molecular complexity index is 360. The average molecular weight is 247 g/mol. The molecule has 0 aliphatic heterocycles. The standard InChI is InChI=1S/C16H25NO/c1-12-6-8-14(9-7-12)16(17)11-18-15-5-3-4-13(2)10-15/h6-9,13,15-16H,3-5,10-11,17H2,1-2H3. The first-order valence-corrected chi connectivity index (χ1v) is 7.09. The van der Waals surface area contributed by atoms with E-state index < -0.39 is 0 Å². The van der Waals surface area contributed by atoms with Gasteiger partial charge in [0.15, 0.2) is 0 Å². The summed E-state index contributed by atoms with van der Waals surface area (Å²) in [6.07, 6.45) is 5.46. The maximum atomic E-state index is 6.17. The van der Waals surface area contributed by atoms with Crippen molar-refractivity contribution in [2.75, 3.05) is 6.61 Å². The molecule has 18 heavy (non-hydrogen) atoms. The molecule has 0 saturated heterocycles. The highest BCUT2D eigenvalue weighted by Crippen LogP contribution is 2.26. The fraction of sp³-hybridized carbons (Fsp3) is 0.625. The largest absolute Gasteiger partial charge is 0.376 e. The van der Waals surface area contributed by atoms with Crippen molar-refractivity contribution in [3.8, 4) is 0 Å². The molecule has 1 aromatic rings. The number of nitrogens with two attached hydrogens (primary N) is 1. The summed E-state index contributed by atoms with van der Waals surface area (Å²) in [7, 11) is 0. The molecule has 1 saturated carbocycles. The third-order valence-corrected chi connectivity index (χ3v) is 3.91. The van der Waals surface area contributed by atoms with Gasteiger partial charge in [-0.25, -0.2) is 0 Å². The van der Waals surface area contributed by atoms with Crippen LogP contribution in [0, 0.1) is 12.8 Å². The Kier molecular flexibility index (Phi) is 4.79. The molecule has 100 valence electrons. The molecule has 0 radical (unpaired) electrons. The van der Waals surface area contributed by atoms with Gasteiger partial charge in [-0.1, -0.05) is 49.6 Å². The summed E-state index contributed by atoms with van der Waals surface area (Å²) in [6, 6.07) is 8.43. The predicted molar refractivity (Wildman–Crippen MR) is 75.5 cm³/mol. The third-order valence-electron chi connectivity index (χ3n) is 3.91. The van der Waals surface area contributed by atoms with E-state index in [4.69, 9.17) is 10.5 Å². The van der Waals surface area contributed by atoms with Crippen molar-refractivity contribution < 1.29 is 4.74 Å². The Labute approximate surface area is 111 Å². The summed E-state index contributed by atoms with van der Waals surface area (Å²) < 4.78 is 5.97. The summed E-state index contributed by atoms with van der Waals surface area (Å²) in [5, 5.41) is 0. The second-order valence-corrected chi connectivity index (χ2v) is 5.74. The Morgan fingerprint density at radius 3 is 2.67 bits per heavy atom. The van der Waals surface area contributed by atoms with E-state index in [1.807, 2.05) is 0 Å². The first-order valence-electron chi connectivity index (χ1n) is 7.09. The normalized spacial score (nSPS) is 25.9. The zero-order chi connectivity index (χ0) is 13.0. The molecular weight excluding hydrogens is 222 g/mol. The van der Waals surface area contributed by atoms with Gasteiger partial charge < -0.3 is 10.5 Å². The Morgan fingerprint density at radius 2 is 2.00 bits per heavy atom. The maximum Gasteiger partial charge on any atom is 0.0663 e. The van der Waals surface area contributed by atoms with E-state index in [9.17, 15) is 0 Å². The number of hydrogen-bond acceptors (Lipinski definition) is 2. The van der Waals surface area contributed by atoms with Gasteiger partial charge in [-0.2, -0.15) is 0 Å². The molecule has 2 N–H and O–H groups in total. The van der Waals surface area contributed by atoms with Crippen LogP contribution in [0.15, 0.2) is 24.3 Å². The van der Waals surface area contributed by atoms with Crippen molar-refractivity contribution >= 4 is 0 Å². The van der Waals surface area contributed by atoms with Gasteiger partial charge >= 0.3 is 0 Å². The van der Waals surface area contributed by atoms with Crippen LogP contribution in [0.4, 0.5) is 0 Å². The summed E-state index contributed by atoms with van der Waals surface area (Å²) in [6.45, 7) is 5.05. The van der Waals surface area contributed by atoms with E-state index in [1.54, 1.807) is 0 Å².